The zero-order chi connectivity index (χ0) is 28.9. The van der Waals surface area contributed by atoms with E-state index in [4.69, 9.17) is 9.84 Å². The predicted molar refractivity (Wildman–Crippen MR) is 163 cm³/mol. The minimum Gasteiger partial charge on any atom is -0.481 e. The molecule has 0 aliphatic heterocycles. The molecule has 0 saturated heterocycles. The van der Waals surface area contributed by atoms with Crippen LogP contribution in [0.4, 0.5) is 0 Å². The minimum atomic E-state index is -0.721. The summed E-state index contributed by atoms with van der Waals surface area (Å²) in [5.41, 5.74) is 2.43. The Kier molecular flexibility index (Phi) is 10.9. The van der Waals surface area contributed by atoms with E-state index in [9.17, 15) is 9.59 Å². The smallest absolute Gasteiger partial charge is 0.306 e. The number of carbonyl (C=O) groups excluding carboxylic acids is 1. The summed E-state index contributed by atoms with van der Waals surface area (Å²) in [4.78, 5) is 23.2. The molecular weight excluding hydrogens is 496 g/mol. The van der Waals surface area contributed by atoms with Crippen molar-refractivity contribution < 1.29 is 19.4 Å². The molecule has 0 aromatic rings. The predicted octanol–water partition coefficient (Wildman–Crippen LogP) is 9.75. The molecule has 4 heteroatoms. The van der Waals surface area contributed by atoms with Gasteiger partial charge in [0.1, 0.15) is 6.10 Å². The molecule has 4 aliphatic carbocycles. The van der Waals surface area contributed by atoms with E-state index in [1.54, 1.807) is 5.57 Å². The van der Waals surface area contributed by atoms with Crippen LogP contribution in [-0.4, -0.2) is 23.1 Å². The first-order valence-corrected chi connectivity index (χ1v) is 17.2. The second-order valence-corrected chi connectivity index (χ2v) is 15.3. The molecule has 0 spiro atoms. The number of carbonyl (C=O) groups is 2. The third-order valence-electron chi connectivity index (χ3n) is 12.3. The zero-order valence-electron chi connectivity index (χ0n) is 26.5. The lowest BCUT2D eigenvalue weighted by atomic mass is 9.46. The summed E-state index contributed by atoms with van der Waals surface area (Å²) in [6.45, 7) is 12.5. The number of carboxylic acids is 1. The second-order valence-electron chi connectivity index (χ2n) is 15.3. The van der Waals surface area contributed by atoms with E-state index in [-0.39, 0.29) is 18.5 Å². The van der Waals surface area contributed by atoms with E-state index in [0.717, 1.165) is 74.0 Å². The van der Waals surface area contributed by atoms with Crippen molar-refractivity contribution >= 4 is 11.9 Å². The van der Waals surface area contributed by atoms with Crippen molar-refractivity contribution in [3.8, 4) is 0 Å². The van der Waals surface area contributed by atoms with E-state index in [1.165, 1.54) is 64.2 Å². The highest BCUT2D eigenvalue weighted by molar-refractivity contribution is 5.69. The number of aliphatic carboxylic acids is 1. The van der Waals surface area contributed by atoms with Crippen molar-refractivity contribution in [3.05, 3.63) is 11.6 Å². The number of hydrogen-bond donors (Lipinski definition) is 1. The van der Waals surface area contributed by atoms with Crippen LogP contribution in [0.1, 0.15) is 150 Å². The second kappa shape index (κ2) is 13.8. The molecular formula is C36H60O4. The van der Waals surface area contributed by atoms with E-state index < -0.39 is 5.97 Å². The summed E-state index contributed by atoms with van der Waals surface area (Å²) in [6, 6.07) is 0. The van der Waals surface area contributed by atoms with Crippen molar-refractivity contribution in [3.63, 3.8) is 0 Å². The Morgan fingerprint density at radius 3 is 2.33 bits per heavy atom. The Hall–Kier alpha value is -1.32. The number of rotatable bonds is 14. The van der Waals surface area contributed by atoms with Crippen molar-refractivity contribution in [2.24, 2.45) is 46.3 Å². The fourth-order valence-electron chi connectivity index (χ4n) is 10.1. The minimum absolute atomic E-state index is 0.0425. The molecule has 3 saturated carbocycles. The third-order valence-corrected chi connectivity index (χ3v) is 12.3. The number of fused-ring (bicyclic) bond motifs is 5. The largest absolute Gasteiger partial charge is 0.481 e. The molecule has 1 N–H and O–H groups in total. The molecule has 4 nitrogen and oxygen atoms in total. The van der Waals surface area contributed by atoms with Crippen molar-refractivity contribution in [2.75, 3.05) is 0 Å². The summed E-state index contributed by atoms with van der Waals surface area (Å²) < 4.78 is 5.96. The molecule has 0 aromatic carbocycles. The molecule has 228 valence electrons. The van der Waals surface area contributed by atoms with Crippen molar-refractivity contribution in [1.29, 1.82) is 0 Å². The van der Waals surface area contributed by atoms with Gasteiger partial charge in [-0.05, 0) is 117 Å². The summed E-state index contributed by atoms with van der Waals surface area (Å²) in [6.07, 6.45) is 22.1. The van der Waals surface area contributed by atoms with Gasteiger partial charge in [-0.25, -0.2) is 0 Å². The van der Waals surface area contributed by atoms with Gasteiger partial charge in [-0.2, -0.15) is 0 Å². The van der Waals surface area contributed by atoms with Crippen LogP contribution in [0, 0.1) is 46.3 Å². The maximum atomic E-state index is 12.6. The third kappa shape index (κ3) is 7.17. The maximum absolute atomic E-state index is 12.6. The summed E-state index contributed by atoms with van der Waals surface area (Å²) in [5, 5.41) is 8.73. The Balaban J connectivity index is 1.28. The van der Waals surface area contributed by atoms with E-state index in [1.807, 2.05) is 0 Å². The fraction of sp³-hybridized carbons (Fsp3) is 0.889. The molecule has 0 unspecified atom stereocenters. The Morgan fingerprint density at radius 2 is 1.60 bits per heavy atom. The molecule has 0 radical (unpaired) electrons. The highest BCUT2D eigenvalue weighted by atomic mass is 16.5. The molecule has 0 bridgehead atoms. The van der Waals surface area contributed by atoms with Gasteiger partial charge in [0.2, 0.25) is 0 Å². The average molecular weight is 557 g/mol. The standard InChI is InChI=1S/C36H60O4/c1-25(2)12-11-13-26(3)30-18-19-31-29-17-16-27-24-28(20-22-35(27,4)32(29)21-23-36(30,31)5)40-34(39)15-10-8-6-7-9-14-33(37)38/h24-26,28-32H,6-23H2,1-5H3,(H,37,38)/t26-,28+,29+,30-,31+,32+,35+,36-/m1/s1. The van der Waals surface area contributed by atoms with Crippen LogP contribution in [0.15, 0.2) is 11.6 Å². The van der Waals surface area contributed by atoms with E-state index >= 15 is 0 Å². The Labute approximate surface area is 245 Å². The van der Waals surface area contributed by atoms with Gasteiger partial charge in [-0.15, -0.1) is 0 Å². The number of hydrogen-bond acceptors (Lipinski definition) is 3. The lowest BCUT2D eigenvalue weighted by molar-refractivity contribution is -0.148. The SMILES string of the molecule is CC(C)CCC[C@@H](C)[C@H]1CC[C@H]2[C@@H]3CCC4=C[C@@H](OC(=O)CCCCCCCC(=O)O)CC[C@]4(C)[C@H]3CC[C@]12C. The molecule has 0 amide bonds. The normalized spacial score (nSPS) is 35.9. The highest BCUT2D eigenvalue weighted by Gasteiger charge is 2.59. The topological polar surface area (TPSA) is 63.6 Å². The quantitative estimate of drug-likeness (QED) is 0.131. The van der Waals surface area contributed by atoms with Gasteiger partial charge in [-0.3, -0.25) is 9.59 Å². The van der Waals surface area contributed by atoms with Gasteiger partial charge < -0.3 is 9.84 Å². The van der Waals surface area contributed by atoms with Gasteiger partial charge in [0.05, 0.1) is 0 Å². The van der Waals surface area contributed by atoms with Crippen LogP contribution < -0.4 is 0 Å². The first-order valence-electron chi connectivity index (χ1n) is 17.2. The van der Waals surface area contributed by atoms with Crippen molar-refractivity contribution in [2.45, 2.75) is 156 Å². The number of allylic oxidation sites excluding steroid dienone is 1. The van der Waals surface area contributed by atoms with Crippen LogP contribution in [-0.2, 0) is 14.3 Å². The lowest BCUT2D eigenvalue weighted by Gasteiger charge is -2.59. The summed E-state index contributed by atoms with van der Waals surface area (Å²) >= 11 is 0. The van der Waals surface area contributed by atoms with Crippen LogP contribution in [0.3, 0.4) is 0 Å². The van der Waals surface area contributed by atoms with Gasteiger partial charge >= 0.3 is 11.9 Å². The molecule has 4 aliphatic rings. The van der Waals surface area contributed by atoms with Crippen molar-refractivity contribution in [1.82, 2.24) is 0 Å². The van der Waals surface area contributed by atoms with Gasteiger partial charge in [0.25, 0.3) is 0 Å². The van der Waals surface area contributed by atoms with Gasteiger partial charge in [0, 0.05) is 12.8 Å². The Morgan fingerprint density at radius 1 is 0.875 bits per heavy atom. The van der Waals surface area contributed by atoms with Crippen LogP contribution in [0.25, 0.3) is 0 Å². The maximum Gasteiger partial charge on any atom is 0.306 e. The fourth-order valence-corrected chi connectivity index (χ4v) is 10.1. The number of ether oxygens (including phenoxy) is 1. The zero-order valence-corrected chi connectivity index (χ0v) is 26.5. The average Bonchev–Trinajstić information content (AvgIpc) is 3.25. The van der Waals surface area contributed by atoms with Crippen LogP contribution >= 0.6 is 0 Å². The number of carboxylic acid groups (broad SMARTS) is 1. The summed E-state index contributed by atoms with van der Waals surface area (Å²) in [7, 11) is 0. The van der Waals surface area contributed by atoms with E-state index in [0.29, 0.717) is 17.3 Å². The van der Waals surface area contributed by atoms with Gasteiger partial charge in [0.15, 0.2) is 0 Å². The molecule has 4 rings (SSSR count). The lowest BCUT2D eigenvalue weighted by Crippen LogP contribution is -2.51. The molecule has 8 atom stereocenters. The number of unbranched alkanes of at least 4 members (excludes halogenated alkanes) is 4. The Bertz CT molecular complexity index is 891. The van der Waals surface area contributed by atoms with Crippen LogP contribution in [0.5, 0.6) is 0 Å². The van der Waals surface area contributed by atoms with E-state index in [2.05, 4.69) is 40.7 Å². The summed E-state index contributed by atoms with van der Waals surface area (Å²) in [5.74, 6) is 4.41. The molecule has 0 heterocycles. The van der Waals surface area contributed by atoms with Gasteiger partial charge in [-0.1, -0.05) is 78.7 Å². The molecule has 3 fully saturated rings. The first kappa shape index (κ1) is 31.6. The van der Waals surface area contributed by atoms with Crippen LogP contribution in [0.2, 0.25) is 0 Å². The molecule has 40 heavy (non-hydrogen) atoms. The highest BCUT2D eigenvalue weighted by Crippen LogP contribution is 2.67. The molecule has 0 aromatic heterocycles. The monoisotopic (exact) mass is 556 g/mol. The number of esters is 1. The first-order chi connectivity index (χ1) is 19.0.